The number of thiophene rings is 1. The first-order chi connectivity index (χ1) is 12.0. The third-order valence-electron chi connectivity index (χ3n) is 3.97. The van der Waals surface area contributed by atoms with Crippen LogP contribution in [0.3, 0.4) is 0 Å². The van der Waals surface area contributed by atoms with Crippen LogP contribution in [0.25, 0.3) is 6.08 Å². The van der Waals surface area contributed by atoms with Gasteiger partial charge >= 0.3 is 0 Å². The molecule has 0 saturated carbocycles. The van der Waals surface area contributed by atoms with Crippen LogP contribution in [0.15, 0.2) is 52.1 Å². The average Bonchev–Trinajstić information content (AvgIpc) is 3.13. The van der Waals surface area contributed by atoms with E-state index in [1.165, 1.54) is 16.4 Å². The van der Waals surface area contributed by atoms with Gasteiger partial charge in [-0.05, 0) is 40.6 Å². The molecule has 1 aromatic heterocycles. The van der Waals surface area contributed by atoms with E-state index in [9.17, 15) is 13.2 Å². The number of sulfonamides is 1. The second kappa shape index (κ2) is 7.70. The molecule has 25 heavy (non-hydrogen) atoms. The van der Waals surface area contributed by atoms with E-state index in [0.717, 1.165) is 5.56 Å². The van der Waals surface area contributed by atoms with Crippen LogP contribution in [-0.2, 0) is 14.8 Å². The highest BCUT2D eigenvalue weighted by molar-refractivity contribution is 7.89. The number of hydrogen-bond donors (Lipinski definition) is 0. The van der Waals surface area contributed by atoms with E-state index in [0.29, 0.717) is 13.1 Å². The van der Waals surface area contributed by atoms with Gasteiger partial charge in [-0.3, -0.25) is 4.79 Å². The topological polar surface area (TPSA) is 57.7 Å². The summed E-state index contributed by atoms with van der Waals surface area (Å²) in [7, 11) is -3.64. The van der Waals surface area contributed by atoms with E-state index >= 15 is 0 Å². The van der Waals surface area contributed by atoms with Crippen LogP contribution in [-0.4, -0.2) is 49.7 Å². The zero-order valence-electron chi connectivity index (χ0n) is 13.3. The largest absolute Gasteiger partial charge is 0.337 e. The molecule has 5 nitrogen and oxygen atoms in total. The van der Waals surface area contributed by atoms with Crippen LogP contribution in [0, 0.1) is 0 Å². The van der Waals surface area contributed by atoms with Gasteiger partial charge in [-0.1, -0.05) is 23.7 Å². The molecule has 0 aliphatic carbocycles. The Balaban J connectivity index is 1.63. The second-order valence-corrected chi connectivity index (χ2v) is 8.64. The number of rotatable bonds is 4. The van der Waals surface area contributed by atoms with Gasteiger partial charge in [0.25, 0.3) is 0 Å². The monoisotopic (exact) mass is 396 g/mol. The fourth-order valence-corrected chi connectivity index (χ4v) is 5.13. The van der Waals surface area contributed by atoms with Crippen LogP contribution in [0.5, 0.6) is 0 Å². The molecule has 1 saturated heterocycles. The Kier molecular flexibility index (Phi) is 5.58. The lowest BCUT2D eigenvalue weighted by molar-refractivity contribution is -0.127. The standard InChI is InChI=1S/C17H17ClN2O3S2/c18-15-3-1-2-4-16(15)25(22,23)20-10-8-19(9-11-20)17(21)6-5-14-7-12-24-13-14/h1-7,12-13H,8-11H2. The molecule has 1 fully saturated rings. The molecule has 1 aromatic carbocycles. The van der Waals surface area contributed by atoms with E-state index in [1.807, 2.05) is 16.8 Å². The van der Waals surface area contributed by atoms with Gasteiger partial charge in [-0.15, -0.1) is 0 Å². The maximum Gasteiger partial charge on any atom is 0.246 e. The van der Waals surface area contributed by atoms with Crippen molar-refractivity contribution in [3.05, 3.63) is 57.8 Å². The Morgan fingerprint density at radius 1 is 1.12 bits per heavy atom. The lowest BCUT2D eigenvalue weighted by atomic mass is 10.3. The predicted octanol–water partition coefficient (Wildman–Crippen LogP) is 2.95. The summed E-state index contributed by atoms with van der Waals surface area (Å²) in [6.07, 6.45) is 3.30. The third kappa shape index (κ3) is 4.12. The zero-order valence-corrected chi connectivity index (χ0v) is 15.7. The normalized spacial score (nSPS) is 16.4. The highest BCUT2D eigenvalue weighted by atomic mass is 35.5. The van der Waals surface area contributed by atoms with Gasteiger partial charge in [0.1, 0.15) is 4.90 Å². The van der Waals surface area contributed by atoms with Gasteiger partial charge < -0.3 is 4.90 Å². The van der Waals surface area contributed by atoms with Crippen molar-refractivity contribution in [2.75, 3.05) is 26.2 Å². The quantitative estimate of drug-likeness (QED) is 0.746. The Morgan fingerprint density at radius 3 is 2.48 bits per heavy atom. The molecule has 8 heteroatoms. The van der Waals surface area contributed by atoms with Crippen LogP contribution >= 0.6 is 22.9 Å². The molecule has 3 rings (SSSR count). The van der Waals surface area contributed by atoms with Crippen molar-refractivity contribution >= 4 is 44.9 Å². The number of hydrogen-bond acceptors (Lipinski definition) is 4. The van der Waals surface area contributed by atoms with Crippen molar-refractivity contribution in [3.8, 4) is 0 Å². The minimum atomic E-state index is -3.64. The van der Waals surface area contributed by atoms with E-state index in [1.54, 1.807) is 40.5 Å². The molecule has 132 valence electrons. The van der Waals surface area contributed by atoms with Crippen molar-refractivity contribution in [2.24, 2.45) is 0 Å². The van der Waals surface area contributed by atoms with E-state index < -0.39 is 10.0 Å². The van der Waals surface area contributed by atoms with E-state index in [4.69, 9.17) is 11.6 Å². The van der Waals surface area contributed by atoms with Crippen LogP contribution in [0.4, 0.5) is 0 Å². The lowest BCUT2D eigenvalue weighted by Crippen LogP contribution is -2.50. The van der Waals surface area contributed by atoms with Crippen LogP contribution in [0.1, 0.15) is 5.56 Å². The van der Waals surface area contributed by atoms with E-state index in [2.05, 4.69) is 0 Å². The maximum atomic E-state index is 12.7. The van der Waals surface area contributed by atoms with E-state index in [-0.39, 0.29) is 28.9 Å². The molecule has 0 unspecified atom stereocenters. The minimum Gasteiger partial charge on any atom is -0.337 e. The van der Waals surface area contributed by atoms with Gasteiger partial charge in [-0.25, -0.2) is 8.42 Å². The summed E-state index contributed by atoms with van der Waals surface area (Å²) in [4.78, 5) is 14.0. The van der Waals surface area contributed by atoms with Crippen molar-refractivity contribution in [1.29, 1.82) is 0 Å². The van der Waals surface area contributed by atoms with Gasteiger partial charge in [-0.2, -0.15) is 15.6 Å². The predicted molar refractivity (Wildman–Crippen MR) is 100 cm³/mol. The van der Waals surface area contributed by atoms with Gasteiger partial charge in [0.2, 0.25) is 15.9 Å². The van der Waals surface area contributed by atoms with Gasteiger partial charge in [0.15, 0.2) is 0 Å². The van der Waals surface area contributed by atoms with Gasteiger partial charge in [0.05, 0.1) is 5.02 Å². The molecular formula is C17H17ClN2O3S2. The number of halogens is 1. The van der Waals surface area contributed by atoms with Crippen molar-refractivity contribution in [1.82, 2.24) is 9.21 Å². The molecule has 0 spiro atoms. The Morgan fingerprint density at radius 2 is 1.84 bits per heavy atom. The molecular weight excluding hydrogens is 380 g/mol. The Hall–Kier alpha value is -1.67. The molecule has 0 bridgehead atoms. The molecule has 2 heterocycles. The number of carbonyl (C=O) groups excluding carboxylic acids is 1. The van der Waals surface area contributed by atoms with Crippen molar-refractivity contribution in [3.63, 3.8) is 0 Å². The lowest BCUT2D eigenvalue weighted by Gasteiger charge is -2.33. The molecule has 0 radical (unpaired) electrons. The summed E-state index contributed by atoms with van der Waals surface area (Å²) < 4.78 is 26.8. The summed E-state index contributed by atoms with van der Waals surface area (Å²) >= 11 is 7.59. The second-order valence-electron chi connectivity index (χ2n) is 5.55. The summed E-state index contributed by atoms with van der Waals surface area (Å²) in [6, 6.07) is 8.33. The fraction of sp³-hybridized carbons (Fsp3) is 0.235. The van der Waals surface area contributed by atoms with Gasteiger partial charge in [0, 0.05) is 32.3 Å². The summed E-state index contributed by atoms with van der Waals surface area (Å²) in [5.74, 6) is -0.110. The fourth-order valence-electron chi connectivity index (χ4n) is 2.58. The molecule has 1 aliphatic rings. The highest BCUT2D eigenvalue weighted by Gasteiger charge is 2.30. The van der Waals surface area contributed by atoms with Crippen molar-refractivity contribution < 1.29 is 13.2 Å². The third-order valence-corrected chi connectivity index (χ3v) is 7.07. The zero-order chi connectivity index (χ0) is 17.9. The first-order valence-corrected chi connectivity index (χ1v) is 10.5. The number of carbonyl (C=O) groups is 1. The molecule has 0 N–H and O–H groups in total. The molecule has 2 aromatic rings. The minimum absolute atomic E-state index is 0.105. The maximum absolute atomic E-state index is 12.7. The van der Waals surface area contributed by atoms with Crippen LogP contribution in [0.2, 0.25) is 5.02 Å². The summed E-state index contributed by atoms with van der Waals surface area (Å²) in [6.45, 7) is 1.23. The first-order valence-electron chi connectivity index (χ1n) is 7.72. The highest BCUT2D eigenvalue weighted by Crippen LogP contribution is 2.25. The van der Waals surface area contributed by atoms with Crippen LogP contribution < -0.4 is 0 Å². The average molecular weight is 397 g/mol. The number of benzene rings is 1. The number of nitrogens with zero attached hydrogens (tertiary/aromatic N) is 2. The SMILES string of the molecule is O=C(C=Cc1ccsc1)N1CCN(S(=O)(=O)c2ccccc2Cl)CC1. The molecule has 1 aliphatic heterocycles. The first kappa shape index (κ1) is 18.1. The Bertz CT molecular complexity index is 871. The summed E-state index contributed by atoms with van der Waals surface area (Å²) in [5.41, 5.74) is 0.985. The molecule has 0 atom stereocenters. The molecule has 1 amide bonds. The smallest absolute Gasteiger partial charge is 0.246 e. The van der Waals surface area contributed by atoms with Crippen molar-refractivity contribution in [2.45, 2.75) is 4.90 Å². The number of piperazine rings is 1. The Labute approximate surface area is 156 Å². The number of amides is 1. The summed E-state index contributed by atoms with van der Waals surface area (Å²) in [5, 5.41) is 4.11.